The summed E-state index contributed by atoms with van der Waals surface area (Å²) in [6.45, 7) is 2.82. The van der Waals surface area contributed by atoms with Crippen LogP contribution in [0.3, 0.4) is 0 Å². The smallest absolute Gasteiger partial charge is 0.273 e. The predicted octanol–water partition coefficient (Wildman–Crippen LogP) is 0.686. The van der Waals surface area contributed by atoms with E-state index in [9.17, 15) is 8.42 Å². The molecule has 0 aromatic carbocycles. The van der Waals surface area contributed by atoms with Crippen molar-refractivity contribution in [3.63, 3.8) is 0 Å². The van der Waals surface area contributed by atoms with Gasteiger partial charge in [-0.05, 0) is 31.5 Å². The molecule has 1 atom stereocenters. The number of hydrogen-bond acceptors (Lipinski definition) is 5. The number of nitrogens with one attached hydrogen (secondary N) is 2. The normalized spacial score (nSPS) is 13.6. The fraction of sp³-hybridized carbons (Fsp3) is 0.667. The summed E-state index contributed by atoms with van der Waals surface area (Å²) in [5.41, 5.74) is 0. The van der Waals surface area contributed by atoms with Crippen molar-refractivity contribution in [1.29, 1.82) is 0 Å². The standard InChI is InChI=1S/C12H22N2O4S/c1-3-10(6-7-15)8-14-19(16,17)12-5-4-11(18-12)9-13-2/h4-5,10,13-15H,3,6-9H2,1-2H3. The predicted molar refractivity (Wildman–Crippen MR) is 72.1 cm³/mol. The maximum absolute atomic E-state index is 12.0. The third kappa shape index (κ3) is 4.94. The lowest BCUT2D eigenvalue weighted by atomic mass is 10.0. The van der Waals surface area contributed by atoms with Gasteiger partial charge in [-0.3, -0.25) is 0 Å². The molecule has 1 rings (SSSR count). The topological polar surface area (TPSA) is 91.6 Å². The maximum Gasteiger partial charge on any atom is 0.273 e. The SMILES string of the molecule is CCC(CCO)CNS(=O)(=O)c1ccc(CNC)o1. The summed E-state index contributed by atoms with van der Waals surface area (Å²) in [4.78, 5) is 0. The molecule has 0 bridgehead atoms. The van der Waals surface area contributed by atoms with Crippen molar-refractivity contribution in [1.82, 2.24) is 10.0 Å². The lowest BCUT2D eigenvalue weighted by Gasteiger charge is -2.13. The van der Waals surface area contributed by atoms with E-state index in [0.717, 1.165) is 6.42 Å². The van der Waals surface area contributed by atoms with Gasteiger partial charge >= 0.3 is 0 Å². The van der Waals surface area contributed by atoms with Crippen LogP contribution in [-0.4, -0.2) is 33.7 Å². The summed E-state index contributed by atoms with van der Waals surface area (Å²) in [6, 6.07) is 3.08. The number of sulfonamides is 1. The second-order valence-corrected chi connectivity index (χ2v) is 6.09. The zero-order valence-corrected chi connectivity index (χ0v) is 12.2. The fourth-order valence-corrected chi connectivity index (χ4v) is 2.77. The molecule has 0 radical (unpaired) electrons. The average molecular weight is 290 g/mol. The van der Waals surface area contributed by atoms with Crippen LogP contribution in [0.25, 0.3) is 0 Å². The molecule has 110 valence electrons. The summed E-state index contributed by atoms with van der Waals surface area (Å²) in [6.07, 6.45) is 1.40. The number of rotatable bonds is 9. The van der Waals surface area contributed by atoms with Crippen molar-refractivity contribution in [3.05, 3.63) is 17.9 Å². The van der Waals surface area contributed by atoms with Gasteiger partial charge in [-0.2, -0.15) is 0 Å². The number of hydrogen-bond donors (Lipinski definition) is 3. The molecule has 0 spiro atoms. The van der Waals surface area contributed by atoms with Crippen LogP contribution in [0.5, 0.6) is 0 Å². The van der Waals surface area contributed by atoms with E-state index in [-0.39, 0.29) is 17.6 Å². The monoisotopic (exact) mass is 290 g/mol. The zero-order valence-electron chi connectivity index (χ0n) is 11.3. The summed E-state index contributed by atoms with van der Waals surface area (Å²) in [7, 11) is -1.85. The maximum atomic E-state index is 12.0. The Morgan fingerprint density at radius 3 is 2.74 bits per heavy atom. The minimum Gasteiger partial charge on any atom is -0.447 e. The first-order valence-corrected chi connectivity index (χ1v) is 7.85. The number of furan rings is 1. The Hall–Kier alpha value is -0.890. The lowest BCUT2D eigenvalue weighted by Crippen LogP contribution is -2.29. The molecule has 0 saturated carbocycles. The van der Waals surface area contributed by atoms with Gasteiger partial charge in [0.1, 0.15) is 5.76 Å². The van der Waals surface area contributed by atoms with Crippen LogP contribution in [0.15, 0.2) is 21.6 Å². The van der Waals surface area contributed by atoms with Crippen molar-refractivity contribution in [3.8, 4) is 0 Å². The van der Waals surface area contributed by atoms with E-state index in [1.807, 2.05) is 6.92 Å². The van der Waals surface area contributed by atoms with Gasteiger partial charge in [0.15, 0.2) is 0 Å². The van der Waals surface area contributed by atoms with Gasteiger partial charge in [0.2, 0.25) is 5.09 Å². The van der Waals surface area contributed by atoms with Gasteiger partial charge in [-0.1, -0.05) is 13.3 Å². The van der Waals surface area contributed by atoms with E-state index in [0.29, 0.717) is 25.3 Å². The molecule has 1 aromatic heterocycles. The number of aliphatic hydroxyl groups excluding tert-OH is 1. The molecular formula is C12H22N2O4S. The molecule has 1 aromatic rings. The molecular weight excluding hydrogens is 268 g/mol. The van der Waals surface area contributed by atoms with Crippen molar-refractivity contribution < 1.29 is 17.9 Å². The zero-order chi connectivity index (χ0) is 14.3. The molecule has 19 heavy (non-hydrogen) atoms. The van der Waals surface area contributed by atoms with Gasteiger partial charge in [0, 0.05) is 13.2 Å². The molecule has 0 amide bonds. The van der Waals surface area contributed by atoms with E-state index in [2.05, 4.69) is 10.0 Å². The quantitative estimate of drug-likeness (QED) is 0.622. The van der Waals surface area contributed by atoms with Gasteiger partial charge in [0.05, 0.1) is 6.54 Å². The fourth-order valence-electron chi connectivity index (χ4n) is 1.70. The Morgan fingerprint density at radius 1 is 1.42 bits per heavy atom. The Labute approximate surface area is 114 Å². The van der Waals surface area contributed by atoms with Crippen molar-refractivity contribution in [2.45, 2.75) is 31.4 Å². The third-order valence-corrected chi connectivity index (χ3v) is 4.23. The molecule has 1 heterocycles. The number of aliphatic hydroxyl groups is 1. The van der Waals surface area contributed by atoms with Gasteiger partial charge in [-0.25, -0.2) is 13.1 Å². The van der Waals surface area contributed by atoms with Gasteiger partial charge < -0.3 is 14.8 Å². The van der Waals surface area contributed by atoms with Crippen molar-refractivity contribution >= 4 is 10.0 Å². The summed E-state index contributed by atoms with van der Waals surface area (Å²) in [5.74, 6) is 0.705. The Morgan fingerprint density at radius 2 is 2.16 bits per heavy atom. The molecule has 0 aliphatic rings. The molecule has 7 heteroatoms. The largest absolute Gasteiger partial charge is 0.447 e. The Kier molecular flexibility index (Phi) is 6.50. The van der Waals surface area contributed by atoms with Crippen molar-refractivity contribution in [2.24, 2.45) is 5.92 Å². The first-order valence-electron chi connectivity index (χ1n) is 6.37. The summed E-state index contributed by atoms with van der Waals surface area (Å²) < 4.78 is 31.7. The molecule has 3 N–H and O–H groups in total. The Bertz CT molecular complexity index is 470. The summed E-state index contributed by atoms with van der Waals surface area (Å²) in [5, 5.41) is 11.7. The second kappa shape index (κ2) is 7.64. The first-order chi connectivity index (χ1) is 9.03. The van der Waals surface area contributed by atoms with Crippen LogP contribution < -0.4 is 10.0 Å². The minimum atomic E-state index is -3.61. The molecule has 0 aliphatic carbocycles. The Balaban J connectivity index is 2.64. The highest BCUT2D eigenvalue weighted by Gasteiger charge is 2.19. The molecule has 0 fully saturated rings. The molecule has 0 aliphatic heterocycles. The average Bonchev–Trinajstić information content (AvgIpc) is 2.84. The van der Waals surface area contributed by atoms with Crippen LogP contribution in [0, 0.1) is 5.92 Å². The van der Waals surface area contributed by atoms with E-state index >= 15 is 0 Å². The highest BCUT2D eigenvalue weighted by molar-refractivity contribution is 7.89. The van der Waals surface area contributed by atoms with Gasteiger partial charge in [0.25, 0.3) is 10.0 Å². The molecule has 1 unspecified atom stereocenters. The van der Waals surface area contributed by atoms with E-state index in [4.69, 9.17) is 9.52 Å². The van der Waals surface area contributed by atoms with Crippen LogP contribution in [0.4, 0.5) is 0 Å². The van der Waals surface area contributed by atoms with Crippen molar-refractivity contribution in [2.75, 3.05) is 20.2 Å². The highest BCUT2D eigenvalue weighted by atomic mass is 32.2. The minimum absolute atomic E-state index is 0.0628. The van der Waals surface area contributed by atoms with Crippen LogP contribution >= 0.6 is 0 Å². The van der Waals surface area contributed by atoms with E-state index < -0.39 is 10.0 Å². The van der Waals surface area contributed by atoms with E-state index in [1.54, 1.807) is 13.1 Å². The van der Waals surface area contributed by atoms with Crippen LogP contribution in [0.1, 0.15) is 25.5 Å². The highest BCUT2D eigenvalue weighted by Crippen LogP contribution is 2.14. The van der Waals surface area contributed by atoms with Crippen LogP contribution in [-0.2, 0) is 16.6 Å². The molecule has 6 nitrogen and oxygen atoms in total. The first kappa shape index (κ1) is 16.2. The van der Waals surface area contributed by atoms with E-state index in [1.165, 1.54) is 6.07 Å². The summed E-state index contributed by atoms with van der Waals surface area (Å²) >= 11 is 0. The second-order valence-electron chi connectivity index (χ2n) is 4.39. The third-order valence-electron chi connectivity index (χ3n) is 2.93. The van der Waals surface area contributed by atoms with Gasteiger partial charge in [-0.15, -0.1) is 0 Å². The lowest BCUT2D eigenvalue weighted by molar-refractivity contribution is 0.254. The van der Waals surface area contributed by atoms with Crippen LogP contribution in [0.2, 0.25) is 0 Å². The molecule has 0 saturated heterocycles.